The Morgan fingerprint density at radius 3 is 2.70 bits per heavy atom. The molecule has 0 bridgehead atoms. The van der Waals surface area contributed by atoms with E-state index in [9.17, 15) is 4.79 Å². The van der Waals surface area contributed by atoms with Gasteiger partial charge in [0.2, 0.25) is 4.80 Å². The van der Waals surface area contributed by atoms with Crippen molar-refractivity contribution in [2.24, 2.45) is 10.1 Å². The third-order valence-corrected chi connectivity index (χ3v) is 6.67. The molecule has 1 amide bonds. The van der Waals surface area contributed by atoms with Gasteiger partial charge in [0.1, 0.15) is 5.75 Å². The summed E-state index contributed by atoms with van der Waals surface area (Å²) in [6.07, 6.45) is 2.59. The van der Waals surface area contributed by atoms with Crippen molar-refractivity contribution in [1.29, 1.82) is 0 Å². The number of nitrogens with zero attached hydrogens (tertiary/aromatic N) is 3. The molecule has 3 aromatic carbocycles. The largest absolute Gasteiger partial charge is 0.493 e. The second-order valence-electron chi connectivity index (χ2n) is 8.24. The molecular formula is C28H26N4O4S. The zero-order chi connectivity index (χ0) is 25.6. The van der Waals surface area contributed by atoms with Gasteiger partial charge in [-0.1, -0.05) is 30.3 Å². The number of amides is 1. The van der Waals surface area contributed by atoms with E-state index >= 15 is 0 Å². The molecular weight excluding hydrogens is 488 g/mol. The summed E-state index contributed by atoms with van der Waals surface area (Å²) in [5.41, 5.74) is 4.45. The van der Waals surface area contributed by atoms with Crippen LogP contribution in [0.2, 0.25) is 0 Å². The van der Waals surface area contributed by atoms with Crippen LogP contribution in [-0.4, -0.2) is 44.2 Å². The zero-order valence-corrected chi connectivity index (χ0v) is 21.3. The van der Waals surface area contributed by atoms with E-state index in [1.54, 1.807) is 20.4 Å². The van der Waals surface area contributed by atoms with Crippen molar-refractivity contribution in [1.82, 2.24) is 4.68 Å². The first kappa shape index (κ1) is 24.3. The van der Waals surface area contributed by atoms with E-state index in [1.165, 1.54) is 16.9 Å². The van der Waals surface area contributed by atoms with Crippen LogP contribution in [0.25, 0.3) is 11.3 Å². The Morgan fingerprint density at radius 2 is 1.89 bits per heavy atom. The van der Waals surface area contributed by atoms with E-state index in [1.807, 2.05) is 64.7 Å². The van der Waals surface area contributed by atoms with Crippen LogP contribution in [0.4, 0.5) is 5.69 Å². The lowest BCUT2D eigenvalue weighted by molar-refractivity contribution is -0.118. The smallest absolute Gasteiger partial charge is 0.262 e. The predicted octanol–water partition coefficient (Wildman–Crippen LogP) is 4.59. The molecule has 1 aliphatic heterocycles. The van der Waals surface area contributed by atoms with Crippen LogP contribution >= 0.6 is 11.3 Å². The van der Waals surface area contributed by atoms with Crippen LogP contribution in [-0.2, 0) is 11.2 Å². The lowest BCUT2D eigenvalue weighted by atomic mass is 10.1. The van der Waals surface area contributed by atoms with Crippen molar-refractivity contribution in [3.05, 3.63) is 88.0 Å². The molecule has 9 heteroatoms. The monoisotopic (exact) mass is 514 g/mol. The Kier molecular flexibility index (Phi) is 7.32. The van der Waals surface area contributed by atoms with Crippen LogP contribution in [0.3, 0.4) is 0 Å². The van der Waals surface area contributed by atoms with Gasteiger partial charge in [0.25, 0.3) is 5.91 Å². The van der Waals surface area contributed by atoms with Gasteiger partial charge in [0.05, 0.1) is 31.8 Å². The number of carbonyl (C=O) groups is 1. The van der Waals surface area contributed by atoms with E-state index in [4.69, 9.17) is 24.3 Å². The molecule has 2 heterocycles. The molecule has 188 valence electrons. The molecule has 0 saturated carbocycles. The van der Waals surface area contributed by atoms with E-state index in [2.05, 4.69) is 17.4 Å². The molecule has 0 aliphatic carbocycles. The lowest BCUT2D eigenvalue weighted by Crippen LogP contribution is -2.25. The molecule has 4 aromatic rings. The fraction of sp³-hybridized carbons (Fsp3) is 0.179. The molecule has 1 N–H and O–H groups in total. The van der Waals surface area contributed by atoms with E-state index in [0.29, 0.717) is 29.5 Å². The van der Waals surface area contributed by atoms with E-state index in [0.717, 1.165) is 28.0 Å². The summed E-state index contributed by atoms with van der Waals surface area (Å²) in [6.45, 7) is 0.648. The Labute approximate surface area is 218 Å². The first-order valence-corrected chi connectivity index (χ1v) is 12.6. The molecule has 37 heavy (non-hydrogen) atoms. The molecule has 0 spiro atoms. The molecule has 0 fully saturated rings. The van der Waals surface area contributed by atoms with Crippen LogP contribution in [0.5, 0.6) is 17.2 Å². The average molecular weight is 515 g/mol. The maximum absolute atomic E-state index is 11.8. The standard InChI is InChI=1S/C28H26N4O4S/c1-34-25-10-8-20(14-26(25)35-2)16-30-32-23(21-9-11-24-22(15-21)31-27(33)17-36-24)18-37-28(32)29-13-12-19-6-4-3-5-7-19/h3-11,14-16,18H,12-13,17H2,1-2H3,(H,31,33). The molecule has 1 aromatic heterocycles. The highest BCUT2D eigenvalue weighted by atomic mass is 32.1. The Balaban J connectivity index is 1.52. The van der Waals surface area contributed by atoms with Gasteiger partial charge in [-0.3, -0.25) is 9.79 Å². The number of hydrogen-bond acceptors (Lipinski definition) is 7. The predicted molar refractivity (Wildman–Crippen MR) is 145 cm³/mol. The molecule has 8 nitrogen and oxygen atoms in total. The number of hydrogen-bond donors (Lipinski definition) is 1. The van der Waals surface area contributed by atoms with Gasteiger partial charge in [-0.15, -0.1) is 11.3 Å². The number of nitrogens with one attached hydrogen (secondary N) is 1. The number of ether oxygens (including phenoxy) is 3. The second kappa shape index (κ2) is 11.1. The topological polar surface area (TPSA) is 86.4 Å². The molecule has 0 atom stereocenters. The van der Waals surface area contributed by atoms with Crippen LogP contribution < -0.4 is 24.3 Å². The highest BCUT2D eigenvalue weighted by Crippen LogP contribution is 2.33. The Hall–Kier alpha value is -4.37. The summed E-state index contributed by atoms with van der Waals surface area (Å²) in [4.78, 5) is 17.5. The van der Waals surface area contributed by atoms with Gasteiger partial charge in [-0.2, -0.15) is 5.10 Å². The van der Waals surface area contributed by atoms with Crippen LogP contribution in [0.15, 0.2) is 82.2 Å². The minimum absolute atomic E-state index is 0.0187. The van der Waals surface area contributed by atoms with Gasteiger partial charge < -0.3 is 19.5 Å². The summed E-state index contributed by atoms with van der Waals surface area (Å²) >= 11 is 1.51. The van der Waals surface area contributed by atoms with Gasteiger partial charge in [-0.25, -0.2) is 4.68 Å². The maximum atomic E-state index is 11.8. The minimum atomic E-state index is -0.175. The average Bonchev–Trinajstić information content (AvgIpc) is 3.34. The van der Waals surface area contributed by atoms with Gasteiger partial charge in [-0.05, 0) is 53.9 Å². The Bertz CT molecular complexity index is 1510. The zero-order valence-electron chi connectivity index (χ0n) is 20.5. The number of fused-ring (bicyclic) bond motifs is 1. The molecule has 0 unspecified atom stereocenters. The number of thiazole rings is 1. The maximum Gasteiger partial charge on any atom is 0.262 e. The van der Waals surface area contributed by atoms with Crippen molar-refractivity contribution in [3.63, 3.8) is 0 Å². The summed E-state index contributed by atoms with van der Waals surface area (Å²) in [6, 6.07) is 21.6. The summed E-state index contributed by atoms with van der Waals surface area (Å²) in [5.74, 6) is 1.75. The highest BCUT2D eigenvalue weighted by Gasteiger charge is 2.18. The van der Waals surface area contributed by atoms with E-state index in [-0.39, 0.29) is 12.5 Å². The third-order valence-electron chi connectivity index (χ3n) is 5.81. The first-order valence-electron chi connectivity index (χ1n) is 11.7. The molecule has 0 radical (unpaired) electrons. The van der Waals surface area contributed by atoms with Gasteiger partial charge in [0, 0.05) is 17.5 Å². The lowest BCUT2D eigenvalue weighted by Gasteiger charge is -2.18. The summed E-state index contributed by atoms with van der Waals surface area (Å²) < 4.78 is 18.1. The van der Waals surface area contributed by atoms with Crippen molar-refractivity contribution in [3.8, 4) is 28.5 Å². The highest BCUT2D eigenvalue weighted by molar-refractivity contribution is 7.07. The fourth-order valence-corrected chi connectivity index (χ4v) is 4.81. The number of aromatic nitrogens is 1. The van der Waals surface area contributed by atoms with Gasteiger partial charge in [0.15, 0.2) is 18.1 Å². The summed E-state index contributed by atoms with van der Waals surface area (Å²) in [5, 5.41) is 9.68. The number of benzene rings is 3. The normalized spacial score (nSPS) is 13.2. The quantitative estimate of drug-likeness (QED) is 0.349. The number of anilines is 1. The van der Waals surface area contributed by atoms with E-state index < -0.39 is 0 Å². The van der Waals surface area contributed by atoms with Crippen molar-refractivity contribution < 1.29 is 19.0 Å². The SMILES string of the molecule is COc1ccc(C=Nn2c(-c3ccc4c(c3)NC(=O)CO4)csc2=NCCc2ccccc2)cc1OC. The number of rotatable bonds is 8. The van der Waals surface area contributed by atoms with Crippen LogP contribution in [0.1, 0.15) is 11.1 Å². The van der Waals surface area contributed by atoms with Crippen molar-refractivity contribution in [2.45, 2.75) is 6.42 Å². The second-order valence-corrected chi connectivity index (χ2v) is 9.08. The van der Waals surface area contributed by atoms with Crippen molar-refractivity contribution in [2.75, 3.05) is 32.7 Å². The Morgan fingerprint density at radius 1 is 1.05 bits per heavy atom. The van der Waals surface area contributed by atoms with Crippen LogP contribution in [0, 0.1) is 0 Å². The molecule has 5 rings (SSSR count). The fourth-order valence-electron chi connectivity index (χ4n) is 3.94. The number of carbonyl (C=O) groups excluding carboxylic acids is 1. The molecule has 0 saturated heterocycles. The first-order chi connectivity index (χ1) is 18.1. The van der Waals surface area contributed by atoms with Crippen molar-refractivity contribution >= 4 is 29.1 Å². The number of methoxy groups -OCH3 is 2. The minimum Gasteiger partial charge on any atom is -0.493 e. The molecule has 1 aliphatic rings. The van der Waals surface area contributed by atoms with Gasteiger partial charge >= 0.3 is 0 Å². The summed E-state index contributed by atoms with van der Waals surface area (Å²) in [7, 11) is 3.21. The third kappa shape index (κ3) is 5.57.